The van der Waals surface area contributed by atoms with E-state index in [1.54, 1.807) is 0 Å². The van der Waals surface area contributed by atoms with E-state index in [-0.39, 0.29) is 24.0 Å². The molecule has 2 aliphatic rings. The Hall–Kier alpha value is -1.24. The van der Waals surface area contributed by atoms with E-state index in [9.17, 15) is 0 Å². The number of nitrogens with zero attached hydrogens (tertiary/aromatic N) is 2. The fourth-order valence-corrected chi connectivity index (χ4v) is 4.73. The van der Waals surface area contributed by atoms with Gasteiger partial charge in [0.2, 0.25) is 0 Å². The summed E-state index contributed by atoms with van der Waals surface area (Å²) in [6.45, 7) is 5.45. The number of aryl methyl sites for hydroxylation is 1. The van der Waals surface area contributed by atoms with Gasteiger partial charge >= 0.3 is 0 Å². The van der Waals surface area contributed by atoms with Gasteiger partial charge in [0.1, 0.15) is 0 Å². The predicted molar refractivity (Wildman–Crippen MR) is 121 cm³/mol. The van der Waals surface area contributed by atoms with Crippen LogP contribution in [0, 0.1) is 18.8 Å². The van der Waals surface area contributed by atoms with Crippen LogP contribution in [-0.4, -0.2) is 42.5 Å². The average molecular weight is 466 g/mol. The fraction of sp³-hybridized carbons (Fsp3) is 0.571. The van der Waals surface area contributed by atoms with Gasteiger partial charge < -0.3 is 15.2 Å². The van der Waals surface area contributed by atoms with Crippen molar-refractivity contribution in [2.75, 3.05) is 26.7 Å². The minimum atomic E-state index is 0. The molecule has 4 rings (SSSR count). The largest absolute Gasteiger partial charge is 0.361 e. The normalized spacial score (nSPS) is 23.0. The molecule has 2 fully saturated rings. The standard InChI is InChI=1S/C21H30N4.HI/c1-15-7-8-19-16(12-24-20(19)11-15)9-10-23-21(22-2)25-13-17-5-3-4-6-18(17)14-25;/h7-8,11-12,17-18,24H,3-6,9-10,13-14H2,1-2H3,(H,22,23);1H. The third-order valence-electron chi connectivity index (χ3n) is 6.09. The lowest BCUT2D eigenvalue weighted by molar-refractivity contribution is 0.299. The Morgan fingerprint density at radius 1 is 1.23 bits per heavy atom. The van der Waals surface area contributed by atoms with Crippen LogP contribution in [0.1, 0.15) is 36.8 Å². The Bertz CT molecular complexity index is 752. The van der Waals surface area contributed by atoms with Gasteiger partial charge in [0.05, 0.1) is 0 Å². The van der Waals surface area contributed by atoms with Crippen molar-refractivity contribution in [1.29, 1.82) is 0 Å². The summed E-state index contributed by atoms with van der Waals surface area (Å²) in [6.07, 6.45) is 8.82. The smallest absolute Gasteiger partial charge is 0.193 e. The van der Waals surface area contributed by atoms with Crippen LogP contribution < -0.4 is 5.32 Å². The maximum Gasteiger partial charge on any atom is 0.193 e. The molecule has 2 atom stereocenters. The number of hydrogen-bond donors (Lipinski definition) is 2. The van der Waals surface area contributed by atoms with Crippen molar-refractivity contribution >= 4 is 40.8 Å². The van der Waals surface area contributed by atoms with E-state index < -0.39 is 0 Å². The molecule has 0 spiro atoms. The zero-order valence-corrected chi connectivity index (χ0v) is 18.3. The maximum atomic E-state index is 4.54. The topological polar surface area (TPSA) is 43.4 Å². The molecule has 1 aliphatic heterocycles. The minimum Gasteiger partial charge on any atom is -0.361 e. The molecular weight excluding hydrogens is 435 g/mol. The summed E-state index contributed by atoms with van der Waals surface area (Å²) in [6, 6.07) is 6.64. The van der Waals surface area contributed by atoms with Crippen LogP contribution in [0.4, 0.5) is 0 Å². The molecule has 2 heterocycles. The van der Waals surface area contributed by atoms with Gasteiger partial charge in [0.15, 0.2) is 5.96 Å². The van der Waals surface area contributed by atoms with Gasteiger partial charge in [-0.15, -0.1) is 24.0 Å². The molecule has 1 saturated carbocycles. The molecule has 1 saturated heterocycles. The number of aliphatic imine (C=N–C) groups is 1. The van der Waals surface area contributed by atoms with Crippen molar-refractivity contribution in [1.82, 2.24) is 15.2 Å². The van der Waals surface area contributed by atoms with Crippen LogP contribution in [0.25, 0.3) is 10.9 Å². The van der Waals surface area contributed by atoms with E-state index in [4.69, 9.17) is 0 Å². The minimum absolute atomic E-state index is 0. The van der Waals surface area contributed by atoms with Crippen molar-refractivity contribution in [2.24, 2.45) is 16.8 Å². The molecule has 0 amide bonds. The van der Waals surface area contributed by atoms with Crippen molar-refractivity contribution < 1.29 is 0 Å². The van der Waals surface area contributed by atoms with E-state index in [1.165, 1.54) is 60.8 Å². The Kier molecular flexibility index (Phi) is 6.48. The summed E-state index contributed by atoms with van der Waals surface area (Å²) in [5, 5.41) is 4.94. The molecule has 1 aromatic heterocycles. The number of hydrogen-bond acceptors (Lipinski definition) is 1. The van der Waals surface area contributed by atoms with Gasteiger partial charge in [-0.3, -0.25) is 4.99 Å². The summed E-state index contributed by atoms with van der Waals surface area (Å²) < 4.78 is 0. The highest BCUT2D eigenvalue weighted by Gasteiger charge is 2.35. The summed E-state index contributed by atoms with van der Waals surface area (Å²) in [4.78, 5) is 10.4. The van der Waals surface area contributed by atoms with E-state index in [0.717, 1.165) is 30.8 Å². The van der Waals surface area contributed by atoms with Gasteiger partial charge in [-0.1, -0.05) is 25.0 Å². The molecule has 2 unspecified atom stereocenters. The quantitative estimate of drug-likeness (QED) is 0.402. The van der Waals surface area contributed by atoms with Crippen molar-refractivity contribution in [3.63, 3.8) is 0 Å². The van der Waals surface area contributed by atoms with Crippen LogP contribution in [0.3, 0.4) is 0 Å². The predicted octanol–water partition coefficient (Wildman–Crippen LogP) is 4.33. The van der Waals surface area contributed by atoms with E-state index in [1.807, 2.05) is 7.05 Å². The second-order valence-corrected chi connectivity index (χ2v) is 7.80. The molecule has 4 nitrogen and oxygen atoms in total. The third kappa shape index (κ3) is 4.02. The first-order valence-corrected chi connectivity index (χ1v) is 9.77. The molecule has 0 radical (unpaired) electrons. The summed E-state index contributed by atoms with van der Waals surface area (Å²) in [5.41, 5.74) is 3.92. The molecule has 142 valence electrons. The maximum absolute atomic E-state index is 4.54. The molecule has 2 N–H and O–H groups in total. The number of halogens is 1. The number of benzene rings is 1. The van der Waals surface area contributed by atoms with Crippen LogP contribution >= 0.6 is 24.0 Å². The number of H-pyrrole nitrogens is 1. The van der Waals surface area contributed by atoms with Crippen LogP contribution in [-0.2, 0) is 6.42 Å². The Morgan fingerprint density at radius 3 is 2.65 bits per heavy atom. The molecule has 1 aromatic carbocycles. The first kappa shape index (κ1) is 19.5. The van der Waals surface area contributed by atoms with Gasteiger partial charge in [-0.2, -0.15) is 0 Å². The highest BCUT2D eigenvalue weighted by atomic mass is 127. The highest BCUT2D eigenvalue weighted by Crippen LogP contribution is 2.35. The average Bonchev–Trinajstić information content (AvgIpc) is 3.22. The molecule has 5 heteroatoms. The van der Waals surface area contributed by atoms with Gasteiger partial charge in [0, 0.05) is 43.8 Å². The van der Waals surface area contributed by atoms with Gasteiger partial charge in [-0.05, 0) is 55.2 Å². The Morgan fingerprint density at radius 2 is 1.96 bits per heavy atom. The fourth-order valence-electron chi connectivity index (χ4n) is 4.73. The molecule has 1 aliphatic carbocycles. The lowest BCUT2D eigenvalue weighted by Crippen LogP contribution is -2.41. The van der Waals surface area contributed by atoms with E-state index in [2.05, 4.69) is 51.5 Å². The molecule has 2 aromatic rings. The number of aromatic nitrogens is 1. The molecular formula is C21H31IN4. The number of nitrogens with one attached hydrogen (secondary N) is 2. The van der Waals surface area contributed by atoms with Crippen LogP contribution in [0.2, 0.25) is 0 Å². The Labute approximate surface area is 173 Å². The lowest BCUT2D eigenvalue weighted by Gasteiger charge is -2.22. The number of rotatable bonds is 3. The summed E-state index contributed by atoms with van der Waals surface area (Å²) >= 11 is 0. The number of aromatic amines is 1. The van der Waals surface area contributed by atoms with Crippen molar-refractivity contribution in [3.05, 3.63) is 35.5 Å². The van der Waals surface area contributed by atoms with Crippen LogP contribution in [0.5, 0.6) is 0 Å². The zero-order chi connectivity index (χ0) is 17.2. The number of guanidine groups is 1. The molecule has 0 bridgehead atoms. The summed E-state index contributed by atoms with van der Waals surface area (Å²) in [7, 11) is 1.92. The van der Waals surface area contributed by atoms with Crippen molar-refractivity contribution in [3.8, 4) is 0 Å². The van der Waals surface area contributed by atoms with Crippen LogP contribution in [0.15, 0.2) is 29.4 Å². The van der Waals surface area contributed by atoms with E-state index in [0.29, 0.717) is 0 Å². The van der Waals surface area contributed by atoms with Crippen molar-refractivity contribution in [2.45, 2.75) is 39.0 Å². The third-order valence-corrected chi connectivity index (χ3v) is 6.09. The zero-order valence-electron chi connectivity index (χ0n) is 15.9. The SMILES string of the molecule is CN=C(NCCc1c[nH]c2cc(C)ccc12)N1CC2CCCCC2C1.I. The number of likely N-dealkylation sites (tertiary alicyclic amines) is 1. The second kappa shape index (κ2) is 8.63. The first-order valence-electron chi connectivity index (χ1n) is 9.77. The Balaban J connectivity index is 0.00000196. The second-order valence-electron chi connectivity index (χ2n) is 7.80. The number of fused-ring (bicyclic) bond motifs is 2. The monoisotopic (exact) mass is 466 g/mol. The lowest BCUT2D eigenvalue weighted by atomic mass is 9.82. The summed E-state index contributed by atoms with van der Waals surface area (Å²) in [5.74, 6) is 2.87. The highest BCUT2D eigenvalue weighted by molar-refractivity contribution is 14.0. The van der Waals surface area contributed by atoms with Gasteiger partial charge in [0.25, 0.3) is 0 Å². The first-order chi connectivity index (χ1) is 12.2. The molecule has 26 heavy (non-hydrogen) atoms. The van der Waals surface area contributed by atoms with E-state index >= 15 is 0 Å². The van der Waals surface area contributed by atoms with Gasteiger partial charge in [-0.25, -0.2) is 0 Å².